The van der Waals surface area contributed by atoms with Gasteiger partial charge in [0, 0.05) is 24.3 Å². The molecule has 11 N–H and O–H groups in total. The summed E-state index contributed by atoms with van der Waals surface area (Å²) in [6, 6.07) is 8.24. The smallest absolute Gasteiger partial charge is 0.337 e. The molecule has 2 aromatic carbocycles. The number of aliphatic hydroxyl groups excluding tert-OH is 8. The quantitative estimate of drug-likeness (QED) is 0.0519. The Morgan fingerprint density at radius 3 is 1.86 bits per heavy atom. The van der Waals surface area contributed by atoms with Crippen LogP contribution in [0.4, 0.5) is 0 Å². The summed E-state index contributed by atoms with van der Waals surface area (Å²) in [5.41, 5.74) is 1.09. The molecule has 20 heteroatoms. The Hall–Kier alpha value is -4.58. The fraction of sp³-hybridized carbons (Fsp3) is 0.526. The number of allylic oxidation sites excluding steroid dienone is 1. The summed E-state index contributed by atoms with van der Waals surface area (Å²) < 4.78 is 38.7. The summed E-state index contributed by atoms with van der Waals surface area (Å²) in [7, 11) is 0. The molecule has 0 aliphatic carbocycles. The lowest BCUT2D eigenvalue weighted by molar-refractivity contribution is -0.327. The van der Waals surface area contributed by atoms with Crippen LogP contribution in [-0.4, -0.2) is 162 Å². The Morgan fingerprint density at radius 1 is 0.707 bits per heavy atom. The highest BCUT2D eigenvalue weighted by molar-refractivity contribution is 5.91. The molecule has 2 fully saturated rings. The first-order valence-corrected chi connectivity index (χ1v) is 18.3. The van der Waals surface area contributed by atoms with Crippen LogP contribution >= 0.6 is 0 Å². The molecule has 58 heavy (non-hydrogen) atoms. The SMILES string of the molecule is C/C=C1\[C@H](O[C@H]2O[C@@H](CO)[C@H](O)[C@@H](O)[C@@H]2O)OC=C(C(=O)OCCc2ccc(O)c(O)c2)[C@@H]1CC(=O)OCCc1ccc(O[C@@H]2O[C@H](CO)[C@@H](O)[C@H](O)[C@H]2O)c(O)c1. The number of rotatable bonds is 15. The predicted molar refractivity (Wildman–Crippen MR) is 191 cm³/mol. The second-order valence-corrected chi connectivity index (χ2v) is 13.7. The van der Waals surface area contributed by atoms with E-state index in [2.05, 4.69) is 0 Å². The molecule has 3 aliphatic rings. The van der Waals surface area contributed by atoms with Crippen LogP contribution in [-0.2, 0) is 50.9 Å². The molecular weight excluding hydrogens is 776 g/mol. The van der Waals surface area contributed by atoms with Crippen molar-refractivity contribution in [2.75, 3.05) is 26.4 Å². The van der Waals surface area contributed by atoms with Crippen LogP contribution in [0.15, 0.2) is 59.9 Å². The van der Waals surface area contributed by atoms with Gasteiger partial charge in [0.05, 0.1) is 44.7 Å². The van der Waals surface area contributed by atoms with Crippen molar-refractivity contribution in [3.63, 3.8) is 0 Å². The van der Waals surface area contributed by atoms with Gasteiger partial charge >= 0.3 is 11.9 Å². The lowest BCUT2D eigenvalue weighted by Gasteiger charge is -2.42. The Kier molecular flexibility index (Phi) is 15.3. The third-order valence-corrected chi connectivity index (χ3v) is 9.85. The van der Waals surface area contributed by atoms with E-state index in [1.165, 1.54) is 42.5 Å². The van der Waals surface area contributed by atoms with Crippen molar-refractivity contribution in [3.8, 4) is 23.0 Å². The zero-order valence-electron chi connectivity index (χ0n) is 31.1. The Balaban J connectivity index is 1.24. The van der Waals surface area contributed by atoms with Gasteiger partial charge in [-0.2, -0.15) is 0 Å². The van der Waals surface area contributed by atoms with E-state index in [9.17, 15) is 65.8 Å². The van der Waals surface area contributed by atoms with Gasteiger partial charge in [-0.05, 0) is 42.3 Å². The molecule has 3 heterocycles. The van der Waals surface area contributed by atoms with Crippen molar-refractivity contribution in [3.05, 3.63) is 71.0 Å². The first-order chi connectivity index (χ1) is 27.7. The number of ether oxygens (including phenoxy) is 7. The number of phenols is 3. The summed E-state index contributed by atoms with van der Waals surface area (Å²) in [6.07, 6.45) is -15.0. The highest BCUT2D eigenvalue weighted by atomic mass is 16.8. The maximum Gasteiger partial charge on any atom is 0.337 e. The van der Waals surface area contributed by atoms with Gasteiger partial charge < -0.3 is 89.3 Å². The molecule has 0 amide bonds. The van der Waals surface area contributed by atoms with E-state index < -0.39 is 111 Å². The largest absolute Gasteiger partial charge is 0.504 e. The lowest BCUT2D eigenvalue weighted by atomic mass is 9.86. The van der Waals surface area contributed by atoms with Crippen LogP contribution in [0.5, 0.6) is 23.0 Å². The van der Waals surface area contributed by atoms with Crippen molar-refractivity contribution in [2.45, 2.75) is 93.9 Å². The zero-order chi connectivity index (χ0) is 42.3. The summed E-state index contributed by atoms with van der Waals surface area (Å²) >= 11 is 0. The number of aromatic hydroxyl groups is 3. The van der Waals surface area contributed by atoms with Gasteiger partial charge in [-0.15, -0.1) is 0 Å². The van der Waals surface area contributed by atoms with Gasteiger partial charge in [-0.1, -0.05) is 18.2 Å². The molecule has 2 aromatic rings. The van der Waals surface area contributed by atoms with E-state index in [1.807, 2.05) is 0 Å². The number of carbonyl (C=O) groups is 2. The summed E-state index contributed by atoms with van der Waals surface area (Å²) in [6.45, 7) is -0.212. The second-order valence-electron chi connectivity index (χ2n) is 13.7. The summed E-state index contributed by atoms with van der Waals surface area (Å²) in [4.78, 5) is 26.7. The van der Waals surface area contributed by atoms with Crippen molar-refractivity contribution >= 4 is 11.9 Å². The van der Waals surface area contributed by atoms with Crippen LogP contribution in [0.3, 0.4) is 0 Å². The molecule has 0 bridgehead atoms. The van der Waals surface area contributed by atoms with Crippen LogP contribution in [0.25, 0.3) is 0 Å². The molecule has 0 unspecified atom stereocenters. The topological polar surface area (TPSA) is 321 Å². The standard InChI is InChI=1S/C38H48O20/c1-2-19-20(13-28(44)52-9-7-18-4-6-25(24(43)12-18)55-37-33(49)31(47)29(45)26(14-39)56-37)21(35(51)53-10-8-17-3-5-22(41)23(42)11-17)16-54-36(19)58-38-34(50)32(48)30(46)27(15-40)57-38/h2-6,11-12,16,20,26-27,29-34,36-43,45-50H,7-10,13-15H2,1H3/b19-2-/t20-,26-,27+,29-,30+,31+,32-,33-,34+,36+,37-,38-/m1/s1. The minimum Gasteiger partial charge on any atom is -0.504 e. The van der Waals surface area contributed by atoms with E-state index in [1.54, 1.807) is 6.92 Å². The molecule has 12 atom stereocenters. The molecule has 0 saturated carbocycles. The van der Waals surface area contributed by atoms with Gasteiger partial charge in [-0.25, -0.2) is 4.79 Å². The average molecular weight is 825 g/mol. The minimum absolute atomic E-state index is 0.0876. The molecular formula is C38H48O20. The van der Waals surface area contributed by atoms with E-state index in [0.717, 1.165) is 6.26 Å². The maximum atomic E-state index is 13.4. The third kappa shape index (κ3) is 10.3. The van der Waals surface area contributed by atoms with E-state index in [4.69, 9.17) is 33.2 Å². The molecule has 3 aliphatic heterocycles. The number of hydrogen-bond acceptors (Lipinski definition) is 20. The van der Waals surface area contributed by atoms with Gasteiger partial charge in [0.2, 0.25) is 12.6 Å². The van der Waals surface area contributed by atoms with E-state index in [0.29, 0.717) is 11.1 Å². The van der Waals surface area contributed by atoms with Gasteiger partial charge in [0.1, 0.15) is 48.8 Å². The Bertz CT molecular complexity index is 1780. The molecule has 0 radical (unpaired) electrons. The fourth-order valence-corrected chi connectivity index (χ4v) is 6.49. The highest BCUT2D eigenvalue weighted by Gasteiger charge is 2.47. The van der Waals surface area contributed by atoms with Crippen LogP contribution in [0.1, 0.15) is 24.5 Å². The molecule has 0 aromatic heterocycles. The monoisotopic (exact) mass is 824 g/mol. The number of hydrogen-bond donors (Lipinski definition) is 11. The maximum absolute atomic E-state index is 13.4. The number of carbonyl (C=O) groups excluding carboxylic acids is 2. The third-order valence-electron chi connectivity index (χ3n) is 9.85. The lowest BCUT2D eigenvalue weighted by Crippen LogP contribution is -2.60. The zero-order valence-corrected chi connectivity index (χ0v) is 31.1. The van der Waals surface area contributed by atoms with Gasteiger partial charge in [0.25, 0.3) is 0 Å². The average Bonchev–Trinajstić information content (AvgIpc) is 3.20. The number of benzene rings is 2. The molecule has 2 saturated heterocycles. The van der Waals surface area contributed by atoms with Crippen molar-refractivity contribution in [1.29, 1.82) is 0 Å². The molecule has 5 rings (SSSR count). The highest BCUT2D eigenvalue weighted by Crippen LogP contribution is 2.37. The Morgan fingerprint density at radius 2 is 1.28 bits per heavy atom. The minimum atomic E-state index is -1.79. The van der Waals surface area contributed by atoms with Gasteiger partial charge in [0.15, 0.2) is 29.3 Å². The van der Waals surface area contributed by atoms with Gasteiger partial charge in [-0.3, -0.25) is 4.79 Å². The van der Waals surface area contributed by atoms with Crippen molar-refractivity contribution in [2.24, 2.45) is 5.92 Å². The molecule has 320 valence electrons. The summed E-state index contributed by atoms with van der Waals surface area (Å²) in [5.74, 6) is -4.00. The first-order valence-electron chi connectivity index (χ1n) is 18.3. The normalized spacial score (nSPS) is 31.9. The number of phenolic OH excluding ortho intramolecular Hbond substituents is 3. The van der Waals surface area contributed by atoms with Crippen LogP contribution < -0.4 is 4.74 Å². The fourth-order valence-electron chi connectivity index (χ4n) is 6.49. The molecule has 0 spiro atoms. The first kappa shape index (κ1) is 44.5. The van der Waals surface area contributed by atoms with Crippen LogP contribution in [0.2, 0.25) is 0 Å². The number of aliphatic hydroxyl groups is 8. The summed E-state index contributed by atoms with van der Waals surface area (Å²) in [5, 5.41) is 110. The van der Waals surface area contributed by atoms with E-state index >= 15 is 0 Å². The molecule has 20 nitrogen and oxygen atoms in total. The van der Waals surface area contributed by atoms with Crippen LogP contribution in [0, 0.1) is 5.92 Å². The van der Waals surface area contributed by atoms with Crippen molar-refractivity contribution < 1.29 is 98.9 Å². The Labute approximate surface area is 330 Å². The predicted octanol–water partition coefficient (Wildman–Crippen LogP) is -2.14. The van der Waals surface area contributed by atoms with E-state index in [-0.39, 0.29) is 54.5 Å². The number of esters is 2. The second kappa shape index (κ2) is 19.9. The van der Waals surface area contributed by atoms with Crippen molar-refractivity contribution in [1.82, 2.24) is 0 Å².